The van der Waals surface area contributed by atoms with Gasteiger partial charge in [0.1, 0.15) is 0 Å². The summed E-state index contributed by atoms with van der Waals surface area (Å²) in [5.74, 6) is -3.11. The van der Waals surface area contributed by atoms with Crippen molar-refractivity contribution >= 4 is 121 Å². The molecule has 0 amide bonds. The van der Waals surface area contributed by atoms with Crippen LogP contribution in [0.2, 0.25) is 0 Å². The zero-order valence-electron chi connectivity index (χ0n) is 7.01. The molecule has 9 heteroatoms. The van der Waals surface area contributed by atoms with Crippen LogP contribution in [0.3, 0.4) is 0 Å². The third-order valence-corrected chi connectivity index (χ3v) is 0.0956. The van der Waals surface area contributed by atoms with Gasteiger partial charge in [0.2, 0.25) is 0 Å². The van der Waals surface area contributed by atoms with Gasteiger partial charge in [-0.25, -0.2) is 4.79 Å². The van der Waals surface area contributed by atoms with Gasteiger partial charge in [-0.3, -0.25) is 9.59 Å². The van der Waals surface area contributed by atoms with Gasteiger partial charge in [0.15, 0.2) is 6.07 Å². The third kappa shape index (κ3) is 262. The van der Waals surface area contributed by atoms with Gasteiger partial charge in [0.25, 0.3) is 11.9 Å². The Morgan fingerprint density at radius 3 is 1.00 bits per heavy atom. The third-order valence-electron chi connectivity index (χ3n) is 0.0956. The molecule has 78 valence electrons. The van der Waals surface area contributed by atoms with E-state index in [-0.39, 0.29) is 103 Å². The van der Waals surface area contributed by atoms with E-state index >= 15 is 0 Å². The summed E-state index contributed by atoms with van der Waals surface area (Å²) in [6.45, 7) is 2.17. The second-order valence-corrected chi connectivity index (χ2v) is 1.45. The Morgan fingerprint density at radius 1 is 0.933 bits per heavy atom. The van der Waals surface area contributed by atoms with E-state index in [1.54, 1.807) is 0 Å². The SMILES string of the molecule is CC(=O)O.CC(=O)O.N#CC(=O)O.[KH].[KH]. The van der Waals surface area contributed by atoms with Crippen molar-refractivity contribution in [2.75, 3.05) is 0 Å². The molecule has 0 aromatic rings. The van der Waals surface area contributed by atoms with Crippen molar-refractivity contribution in [1.82, 2.24) is 0 Å². The van der Waals surface area contributed by atoms with Crippen LogP contribution in [0.1, 0.15) is 13.8 Å². The van der Waals surface area contributed by atoms with Gasteiger partial charge in [-0.2, -0.15) is 5.26 Å². The number of carboxylic acid groups (broad SMARTS) is 3. The van der Waals surface area contributed by atoms with Crippen molar-refractivity contribution in [2.45, 2.75) is 13.8 Å². The van der Waals surface area contributed by atoms with Gasteiger partial charge in [-0.15, -0.1) is 0 Å². The van der Waals surface area contributed by atoms with Crippen LogP contribution in [-0.2, 0) is 14.4 Å². The first-order valence-corrected chi connectivity index (χ1v) is 2.76. The van der Waals surface area contributed by atoms with E-state index in [4.69, 9.17) is 35.0 Å². The topological polar surface area (TPSA) is 136 Å². The molecular formula is C6H11K2NO6. The Balaban J connectivity index is -0.0000000315. The van der Waals surface area contributed by atoms with Crippen LogP contribution in [0.5, 0.6) is 0 Å². The predicted molar refractivity (Wildman–Crippen MR) is 54.2 cm³/mol. The molecule has 3 N–H and O–H groups in total. The van der Waals surface area contributed by atoms with E-state index in [2.05, 4.69) is 0 Å². The zero-order valence-corrected chi connectivity index (χ0v) is 7.01. The van der Waals surface area contributed by atoms with Gasteiger partial charge in [0, 0.05) is 13.8 Å². The fourth-order valence-electron chi connectivity index (χ4n) is 0. The summed E-state index contributed by atoms with van der Waals surface area (Å²) in [7, 11) is 0. The molecule has 0 radical (unpaired) electrons. The van der Waals surface area contributed by atoms with E-state index in [9.17, 15) is 0 Å². The molecule has 0 saturated carbocycles. The summed E-state index contributed by atoms with van der Waals surface area (Å²) < 4.78 is 0. The molecule has 0 aliphatic rings. The first-order valence-electron chi connectivity index (χ1n) is 2.76. The van der Waals surface area contributed by atoms with Crippen LogP contribution in [0.15, 0.2) is 0 Å². The molecule has 0 spiro atoms. The summed E-state index contributed by atoms with van der Waals surface area (Å²) in [6.07, 6.45) is 0. The first kappa shape index (κ1) is 29.8. The van der Waals surface area contributed by atoms with E-state index < -0.39 is 17.9 Å². The molecule has 0 unspecified atom stereocenters. The predicted octanol–water partition coefficient (Wildman–Crippen LogP) is -1.52. The van der Waals surface area contributed by atoms with Crippen molar-refractivity contribution in [3.05, 3.63) is 0 Å². The number of nitriles is 1. The van der Waals surface area contributed by atoms with Crippen LogP contribution >= 0.6 is 0 Å². The quantitative estimate of drug-likeness (QED) is 0.276. The van der Waals surface area contributed by atoms with E-state index in [0.29, 0.717) is 0 Å². The molecule has 0 aliphatic heterocycles. The van der Waals surface area contributed by atoms with Gasteiger partial charge >= 0.3 is 109 Å². The van der Waals surface area contributed by atoms with Crippen molar-refractivity contribution in [1.29, 1.82) is 5.26 Å². The second kappa shape index (κ2) is 24.4. The monoisotopic (exact) mass is 271 g/mol. The first-order chi connectivity index (χ1) is 5.73. The number of rotatable bonds is 0. The number of hydrogen-bond donors (Lipinski definition) is 3. The van der Waals surface area contributed by atoms with E-state index in [1.807, 2.05) is 0 Å². The normalized spacial score (nSPS) is 5.13. The molecule has 15 heavy (non-hydrogen) atoms. The summed E-state index contributed by atoms with van der Waals surface area (Å²) in [4.78, 5) is 27.0. The molecule has 0 saturated heterocycles. The van der Waals surface area contributed by atoms with Gasteiger partial charge in [0.05, 0.1) is 0 Å². The minimum atomic E-state index is -1.44. The average molecular weight is 271 g/mol. The molecule has 0 aliphatic carbocycles. The van der Waals surface area contributed by atoms with Gasteiger partial charge < -0.3 is 15.3 Å². The number of carboxylic acids is 3. The van der Waals surface area contributed by atoms with Crippen molar-refractivity contribution in [2.24, 2.45) is 0 Å². The molecule has 0 aromatic heterocycles. The van der Waals surface area contributed by atoms with Gasteiger partial charge in [-0.1, -0.05) is 0 Å². The minimum absolute atomic E-state index is 0. The Kier molecular flexibility index (Phi) is 48.5. The maximum atomic E-state index is 9.01. The summed E-state index contributed by atoms with van der Waals surface area (Å²) in [6, 6.07) is 0.944. The molecule has 7 nitrogen and oxygen atoms in total. The van der Waals surface area contributed by atoms with Crippen LogP contribution in [0.4, 0.5) is 0 Å². The van der Waals surface area contributed by atoms with Crippen LogP contribution in [-0.4, -0.2) is 136 Å². The van der Waals surface area contributed by atoms with Crippen LogP contribution in [0, 0.1) is 11.3 Å². The maximum absolute atomic E-state index is 9.01. The van der Waals surface area contributed by atoms with Crippen molar-refractivity contribution < 1.29 is 29.7 Å². The number of carbonyl (C=O) groups is 3. The van der Waals surface area contributed by atoms with Gasteiger partial charge in [-0.05, 0) is 0 Å². The molecule has 0 aromatic carbocycles. The Morgan fingerprint density at radius 2 is 1.00 bits per heavy atom. The number of aliphatic carboxylic acids is 3. The summed E-state index contributed by atoms with van der Waals surface area (Å²) >= 11 is 0. The fourth-order valence-corrected chi connectivity index (χ4v) is 0. The van der Waals surface area contributed by atoms with E-state index in [0.717, 1.165) is 19.9 Å². The number of nitrogens with zero attached hydrogens (tertiary/aromatic N) is 1. The van der Waals surface area contributed by atoms with Crippen molar-refractivity contribution in [3.8, 4) is 6.07 Å². The van der Waals surface area contributed by atoms with Crippen LogP contribution < -0.4 is 0 Å². The number of hydrogen-bond acceptors (Lipinski definition) is 4. The molecule has 0 fully saturated rings. The molecule has 0 atom stereocenters. The Bertz CT molecular complexity index is 204. The molecule has 0 heterocycles. The molecule has 0 bridgehead atoms. The molecular weight excluding hydrogens is 260 g/mol. The van der Waals surface area contributed by atoms with Crippen molar-refractivity contribution in [3.63, 3.8) is 0 Å². The zero-order chi connectivity index (χ0) is 11.4. The summed E-state index contributed by atoms with van der Waals surface area (Å²) in [5.41, 5.74) is 0. The Hall–Kier alpha value is 1.17. The second-order valence-electron chi connectivity index (χ2n) is 1.45. The molecule has 0 rings (SSSR count). The average Bonchev–Trinajstić information content (AvgIpc) is 1.84. The summed E-state index contributed by atoms with van der Waals surface area (Å²) in [5, 5.41) is 29.5. The Labute approximate surface area is 172 Å². The standard InChI is InChI=1S/C2HNO2.2C2H4O2.2K.2H/c3-1-2(4)5;2*1-2(3)4;;;;/h(H,4,5);2*1H3,(H,3,4);;;;. The van der Waals surface area contributed by atoms with Crippen LogP contribution in [0.25, 0.3) is 0 Å². The van der Waals surface area contributed by atoms with E-state index in [1.165, 1.54) is 0 Å². The fraction of sp³-hybridized carbons (Fsp3) is 0.333.